The van der Waals surface area contributed by atoms with Crippen LogP contribution in [0.3, 0.4) is 0 Å². The highest BCUT2D eigenvalue weighted by Gasteiger charge is 2.22. The van der Waals surface area contributed by atoms with Crippen molar-refractivity contribution in [2.45, 2.75) is 19.4 Å². The first-order valence-electron chi connectivity index (χ1n) is 7.56. The lowest BCUT2D eigenvalue weighted by atomic mass is 9.98. The lowest BCUT2D eigenvalue weighted by molar-refractivity contribution is -0.120. The van der Waals surface area contributed by atoms with E-state index < -0.39 is 5.91 Å². The number of rotatable bonds is 5. The molecule has 0 saturated carbocycles. The van der Waals surface area contributed by atoms with Crippen molar-refractivity contribution in [3.63, 3.8) is 0 Å². The molecule has 1 aliphatic rings. The molecular formula is C16H26Cl2N4O2. The Hall–Kier alpha value is -1.34. The molecule has 1 aromatic carbocycles. The van der Waals surface area contributed by atoms with E-state index in [4.69, 9.17) is 5.73 Å². The molecule has 6 nitrogen and oxygen atoms in total. The topological polar surface area (TPSA) is 87.5 Å². The average Bonchev–Trinajstić information content (AvgIpc) is 2.49. The number of hydrogen-bond acceptors (Lipinski definition) is 4. The maximum Gasteiger partial charge on any atom is 0.248 e. The van der Waals surface area contributed by atoms with Crippen LogP contribution in [0.2, 0.25) is 0 Å². The van der Waals surface area contributed by atoms with Crippen molar-refractivity contribution in [2.24, 2.45) is 11.7 Å². The van der Waals surface area contributed by atoms with Crippen molar-refractivity contribution in [1.29, 1.82) is 0 Å². The second-order valence-electron chi connectivity index (χ2n) is 6.01. The van der Waals surface area contributed by atoms with Gasteiger partial charge in [-0.15, -0.1) is 24.8 Å². The fraction of sp³-hybridized carbons (Fsp3) is 0.500. The zero-order chi connectivity index (χ0) is 16.1. The van der Waals surface area contributed by atoms with Gasteiger partial charge in [-0.1, -0.05) is 6.07 Å². The summed E-state index contributed by atoms with van der Waals surface area (Å²) in [5.74, 6) is -0.529. The van der Waals surface area contributed by atoms with Gasteiger partial charge in [-0.3, -0.25) is 9.59 Å². The molecule has 8 heteroatoms. The van der Waals surface area contributed by atoms with E-state index in [0.29, 0.717) is 24.3 Å². The minimum atomic E-state index is -0.494. The highest BCUT2D eigenvalue weighted by Crippen LogP contribution is 2.21. The van der Waals surface area contributed by atoms with Gasteiger partial charge in [0.2, 0.25) is 11.8 Å². The molecule has 1 aliphatic heterocycles. The van der Waals surface area contributed by atoms with Crippen LogP contribution in [0.1, 0.15) is 28.8 Å². The van der Waals surface area contributed by atoms with Gasteiger partial charge in [0.05, 0.1) is 5.92 Å². The van der Waals surface area contributed by atoms with Gasteiger partial charge in [0, 0.05) is 24.3 Å². The summed E-state index contributed by atoms with van der Waals surface area (Å²) in [6.45, 7) is 2.34. The van der Waals surface area contributed by atoms with Gasteiger partial charge >= 0.3 is 0 Å². The summed E-state index contributed by atoms with van der Waals surface area (Å²) < 4.78 is 0. The molecule has 0 aromatic heterocycles. The van der Waals surface area contributed by atoms with Gasteiger partial charge in [0.1, 0.15) is 0 Å². The normalized spacial score (nSPS) is 16.7. The second kappa shape index (κ2) is 10.5. The highest BCUT2D eigenvalue weighted by molar-refractivity contribution is 5.97. The van der Waals surface area contributed by atoms with Crippen molar-refractivity contribution >= 4 is 42.3 Å². The quantitative estimate of drug-likeness (QED) is 0.728. The molecular weight excluding hydrogens is 351 g/mol. The summed E-state index contributed by atoms with van der Waals surface area (Å²) in [6.07, 6.45) is 1.89. The molecule has 0 spiro atoms. The van der Waals surface area contributed by atoms with Crippen molar-refractivity contribution in [3.8, 4) is 0 Å². The third kappa shape index (κ3) is 6.28. The van der Waals surface area contributed by atoms with Gasteiger partial charge < -0.3 is 21.3 Å². The molecule has 1 unspecified atom stereocenters. The molecule has 2 amide bonds. The zero-order valence-corrected chi connectivity index (χ0v) is 15.6. The number of halogens is 2. The first-order valence-corrected chi connectivity index (χ1v) is 7.56. The van der Waals surface area contributed by atoms with Gasteiger partial charge in [0.25, 0.3) is 0 Å². The number of primary amides is 1. The van der Waals surface area contributed by atoms with Crippen molar-refractivity contribution in [2.75, 3.05) is 32.5 Å². The molecule has 0 bridgehead atoms. The number of carbonyl (C=O) groups is 2. The highest BCUT2D eigenvalue weighted by atomic mass is 35.5. The van der Waals surface area contributed by atoms with Crippen LogP contribution in [0.15, 0.2) is 18.2 Å². The van der Waals surface area contributed by atoms with E-state index in [1.54, 1.807) is 12.1 Å². The van der Waals surface area contributed by atoms with Crippen LogP contribution in [-0.4, -0.2) is 43.9 Å². The molecule has 1 atom stereocenters. The van der Waals surface area contributed by atoms with Gasteiger partial charge in [-0.05, 0) is 51.2 Å². The van der Waals surface area contributed by atoms with Crippen LogP contribution in [0, 0.1) is 5.92 Å². The number of nitrogens with two attached hydrogens (primary N) is 1. The lowest BCUT2D eigenvalue weighted by Gasteiger charge is -2.23. The van der Waals surface area contributed by atoms with E-state index >= 15 is 0 Å². The molecule has 4 N–H and O–H groups in total. The first kappa shape index (κ1) is 22.7. The Morgan fingerprint density at radius 1 is 1.33 bits per heavy atom. The largest absolute Gasteiger partial charge is 0.366 e. The lowest BCUT2D eigenvalue weighted by Crippen LogP contribution is -2.37. The summed E-state index contributed by atoms with van der Waals surface area (Å²) in [5.41, 5.74) is 7.37. The van der Waals surface area contributed by atoms with Gasteiger partial charge in [-0.2, -0.15) is 0 Å². The Kier molecular flexibility index (Phi) is 9.92. The molecule has 0 aliphatic carbocycles. The Labute approximate surface area is 155 Å². The average molecular weight is 377 g/mol. The Morgan fingerprint density at radius 2 is 2.04 bits per heavy atom. The zero-order valence-electron chi connectivity index (χ0n) is 14.0. The number of hydrogen-bond donors (Lipinski definition) is 3. The van der Waals surface area contributed by atoms with Crippen LogP contribution in [0.25, 0.3) is 0 Å². The Bertz CT molecular complexity index is 561. The molecule has 1 heterocycles. The predicted octanol–water partition coefficient (Wildman–Crippen LogP) is 1.63. The number of anilines is 1. The Balaban J connectivity index is 0.00000264. The maximum atomic E-state index is 12.4. The monoisotopic (exact) mass is 376 g/mol. The maximum absolute atomic E-state index is 12.4. The number of nitrogens with zero attached hydrogens (tertiary/aromatic N) is 1. The third-order valence-corrected chi connectivity index (χ3v) is 3.81. The molecule has 24 heavy (non-hydrogen) atoms. The second-order valence-corrected chi connectivity index (χ2v) is 6.01. The SMILES string of the molecule is CN(C)Cc1ccc(C(N)=O)cc1NC(=O)C1CCCNC1.Cl.Cl. The van der Waals surface area contributed by atoms with Crippen molar-refractivity contribution in [1.82, 2.24) is 10.2 Å². The van der Waals surface area contributed by atoms with E-state index in [1.807, 2.05) is 25.1 Å². The van der Waals surface area contributed by atoms with Crippen molar-refractivity contribution < 1.29 is 9.59 Å². The number of nitrogens with one attached hydrogen (secondary N) is 2. The standard InChI is InChI=1S/C16H24N4O2.2ClH/c1-20(2)10-13-6-5-11(15(17)21)8-14(13)19-16(22)12-4-3-7-18-9-12;;/h5-6,8,12,18H,3-4,7,9-10H2,1-2H3,(H2,17,21)(H,19,22);2*1H. The summed E-state index contributed by atoms with van der Waals surface area (Å²) in [7, 11) is 3.91. The molecule has 1 saturated heterocycles. The van der Waals surface area contributed by atoms with Crippen molar-refractivity contribution in [3.05, 3.63) is 29.3 Å². The van der Waals surface area contributed by atoms with E-state index in [2.05, 4.69) is 10.6 Å². The summed E-state index contributed by atoms with van der Waals surface area (Å²) in [6, 6.07) is 5.20. The fourth-order valence-electron chi connectivity index (χ4n) is 2.64. The molecule has 1 fully saturated rings. The summed E-state index contributed by atoms with van der Waals surface area (Å²) in [4.78, 5) is 25.8. The first-order chi connectivity index (χ1) is 10.5. The predicted molar refractivity (Wildman–Crippen MR) is 101 cm³/mol. The smallest absolute Gasteiger partial charge is 0.248 e. The van der Waals surface area contributed by atoms with Crippen LogP contribution < -0.4 is 16.4 Å². The van der Waals surface area contributed by atoms with Crippen LogP contribution in [0.5, 0.6) is 0 Å². The minimum Gasteiger partial charge on any atom is -0.366 e. The van der Waals surface area contributed by atoms with E-state index in [1.165, 1.54) is 0 Å². The fourth-order valence-corrected chi connectivity index (χ4v) is 2.64. The number of benzene rings is 1. The Morgan fingerprint density at radius 3 is 2.58 bits per heavy atom. The van der Waals surface area contributed by atoms with Crippen LogP contribution >= 0.6 is 24.8 Å². The van der Waals surface area contributed by atoms with Gasteiger partial charge in [-0.25, -0.2) is 0 Å². The molecule has 136 valence electrons. The third-order valence-electron chi connectivity index (χ3n) is 3.81. The number of carbonyl (C=O) groups excluding carboxylic acids is 2. The number of amides is 2. The van der Waals surface area contributed by atoms with Crippen LogP contribution in [0.4, 0.5) is 5.69 Å². The summed E-state index contributed by atoms with van der Waals surface area (Å²) >= 11 is 0. The van der Waals surface area contributed by atoms with E-state index in [-0.39, 0.29) is 36.6 Å². The van der Waals surface area contributed by atoms with E-state index in [9.17, 15) is 9.59 Å². The molecule has 2 rings (SSSR count). The molecule has 1 aromatic rings. The summed E-state index contributed by atoms with van der Waals surface area (Å²) in [5, 5.41) is 6.20. The van der Waals surface area contributed by atoms with E-state index in [0.717, 1.165) is 24.9 Å². The minimum absolute atomic E-state index is 0. The number of piperidine rings is 1. The van der Waals surface area contributed by atoms with Crippen LogP contribution in [-0.2, 0) is 11.3 Å². The molecule has 0 radical (unpaired) electrons. The van der Waals surface area contributed by atoms with Gasteiger partial charge in [0.15, 0.2) is 0 Å².